The topological polar surface area (TPSA) is 26.0 Å². The summed E-state index contributed by atoms with van der Waals surface area (Å²) in [5.41, 5.74) is 7.42. The van der Waals surface area contributed by atoms with Crippen molar-refractivity contribution in [3.63, 3.8) is 0 Å². The Bertz CT molecular complexity index is 280. The lowest BCUT2D eigenvalue weighted by atomic mass is 9.80. The van der Waals surface area contributed by atoms with E-state index in [0.717, 1.165) is 12.3 Å². The van der Waals surface area contributed by atoms with E-state index in [-0.39, 0.29) is 6.04 Å². The van der Waals surface area contributed by atoms with Gasteiger partial charge in [0.25, 0.3) is 0 Å². The molecule has 0 saturated heterocycles. The normalized spacial score (nSPS) is 19.8. The summed E-state index contributed by atoms with van der Waals surface area (Å²) in [6.45, 7) is 0. The van der Waals surface area contributed by atoms with Gasteiger partial charge in [0, 0.05) is 15.9 Å². The van der Waals surface area contributed by atoms with E-state index in [2.05, 4.69) is 26.7 Å². The molecule has 2 rings (SSSR count). The van der Waals surface area contributed by atoms with Gasteiger partial charge in [-0.05, 0) is 39.2 Å². The molecule has 0 bridgehead atoms. The first-order valence-corrected chi connectivity index (χ1v) is 6.48. The molecule has 1 atom stereocenters. The molecule has 0 spiro atoms. The van der Waals surface area contributed by atoms with Crippen molar-refractivity contribution in [3.05, 3.63) is 20.8 Å². The summed E-state index contributed by atoms with van der Waals surface area (Å²) >= 11 is 5.25. The SMILES string of the molecule is NC(CC1CCC1)c1cscc1Br. The summed E-state index contributed by atoms with van der Waals surface area (Å²) in [6.07, 6.45) is 5.34. The van der Waals surface area contributed by atoms with Crippen molar-refractivity contribution in [2.45, 2.75) is 31.7 Å². The minimum atomic E-state index is 0.242. The lowest BCUT2D eigenvalue weighted by molar-refractivity contribution is 0.277. The molecule has 3 heteroatoms. The Balaban J connectivity index is 1.96. The highest BCUT2D eigenvalue weighted by Gasteiger charge is 2.22. The number of halogens is 1. The molecule has 1 unspecified atom stereocenters. The second-order valence-corrected chi connectivity index (χ2v) is 5.41. The minimum Gasteiger partial charge on any atom is -0.324 e. The lowest BCUT2D eigenvalue weighted by Gasteiger charge is -2.27. The van der Waals surface area contributed by atoms with Crippen molar-refractivity contribution < 1.29 is 0 Å². The molecule has 13 heavy (non-hydrogen) atoms. The third kappa shape index (κ3) is 2.14. The predicted octanol–water partition coefficient (Wildman–Crippen LogP) is 3.70. The summed E-state index contributed by atoms with van der Waals surface area (Å²) in [5, 5.41) is 4.27. The van der Waals surface area contributed by atoms with Crippen molar-refractivity contribution in [2.75, 3.05) is 0 Å². The molecule has 1 aromatic heterocycles. The van der Waals surface area contributed by atoms with Gasteiger partial charge in [-0.2, -0.15) is 11.3 Å². The van der Waals surface area contributed by atoms with E-state index in [0.29, 0.717) is 0 Å². The van der Waals surface area contributed by atoms with E-state index in [1.54, 1.807) is 11.3 Å². The van der Waals surface area contributed by atoms with Gasteiger partial charge >= 0.3 is 0 Å². The standard InChI is InChI=1S/C10H14BrNS/c11-9-6-13-5-8(9)10(12)4-7-2-1-3-7/h5-7,10H,1-4,12H2. The molecular weight excluding hydrogens is 246 g/mol. The Morgan fingerprint density at radius 3 is 2.77 bits per heavy atom. The first-order chi connectivity index (χ1) is 6.27. The zero-order valence-electron chi connectivity index (χ0n) is 7.50. The molecular formula is C10H14BrNS. The Morgan fingerprint density at radius 1 is 1.54 bits per heavy atom. The Labute approximate surface area is 91.5 Å². The van der Waals surface area contributed by atoms with Crippen LogP contribution in [0.5, 0.6) is 0 Å². The van der Waals surface area contributed by atoms with Crippen molar-refractivity contribution >= 4 is 27.3 Å². The van der Waals surface area contributed by atoms with Gasteiger partial charge in [-0.3, -0.25) is 0 Å². The van der Waals surface area contributed by atoms with Crippen LogP contribution < -0.4 is 5.73 Å². The van der Waals surface area contributed by atoms with Crippen LogP contribution in [0.3, 0.4) is 0 Å². The van der Waals surface area contributed by atoms with Gasteiger partial charge in [-0.25, -0.2) is 0 Å². The van der Waals surface area contributed by atoms with Crippen LogP contribution in [0.15, 0.2) is 15.2 Å². The fourth-order valence-electron chi connectivity index (χ4n) is 1.77. The van der Waals surface area contributed by atoms with E-state index >= 15 is 0 Å². The Kier molecular flexibility index (Phi) is 3.06. The van der Waals surface area contributed by atoms with Gasteiger partial charge in [0.15, 0.2) is 0 Å². The maximum atomic E-state index is 6.13. The molecule has 1 aliphatic carbocycles. The third-order valence-corrected chi connectivity index (χ3v) is 4.61. The van der Waals surface area contributed by atoms with Crippen molar-refractivity contribution in [1.82, 2.24) is 0 Å². The van der Waals surface area contributed by atoms with Gasteiger partial charge in [-0.1, -0.05) is 19.3 Å². The van der Waals surface area contributed by atoms with Crippen LogP contribution in [0.25, 0.3) is 0 Å². The molecule has 1 saturated carbocycles. The van der Waals surface area contributed by atoms with Crippen LogP contribution in [-0.2, 0) is 0 Å². The molecule has 2 N–H and O–H groups in total. The van der Waals surface area contributed by atoms with E-state index in [1.165, 1.54) is 29.3 Å². The molecule has 1 fully saturated rings. The lowest BCUT2D eigenvalue weighted by Crippen LogP contribution is -2.19. The molecule has 0 radical (unpaired) electrons. The zero-order chi connectivity index (χ0) is 9.26. The number of thiophene rings is 1. The molecule has 1 aliphatic rings. The second-order valence-electron chi connectivity index (χ2n) is 3.81. The maximum Gasteiger partial charge on any atom is 0.0330 e. The highest BCUT2D eigenvalue weighted by Crippen LogP contribution is 2.36. The van der Waals surface area contributed by atoms with Gasteiger partial charge in [0.05, 0.1) is 0 Å². The number of hydrogen-bond donors (Lipinski definition) is 1. The smallest absolute Gasteiger partial charge is 0.0330 e. The summed E-state index contributed by atoms with van der Waals surface area (Å²) < 4.78 is 1.18. The second kappa shape index (κ2) is 4.11. The number of hydrogen-bond acceptors (Lipinski definition) is 2. The quantitative estimate of drug-likeness (QED) is 0.881. The Hall–Kier alpha value is 0.140. The van der Waals surface area contributed by atoms with Crippen LogP contribution >= 0.6 is 27.3 Å². The fourth-order valence-corrected chi connectivity index (χ4v) is 3.43. The molecule has 0 aromatic carbocycles. The predicted molar refractivity (Wildman–Crippen MR) is 60.9 cm³/mol. The van der Waals surface area contributed by atoms with Crippen LogP contribution in [0.4, 0.5) is 0 Å². The largest absolute Gasteiger partial charge is 0.324 e. The van der Waals surface area contributed by atoms with E-state index < -0.39 is 0 Å². The highest BCUT2D eigenvalue weighted by atomic mass is 79.9. The maximum absolute atomic E-state index is 6.13. The van der Waals surface area contributed by atoms with E-state index in [1.807, 2.05) is 0 Å². The third-order valence-electron chi connectivity index (χ3n) is 2.85. The zero-order valence-corrected chi connectivity index (χ0v) is 9.90. The number of rotatable bonds is 3. The van der Waals surface area contributed by atoms with Crippen molar-refractivity contribution in [2.24, 2.45) is 11.7 Å². The molecule has 72 valence electrons. The van der Waals surface area contributed by atoms with Gasteiger partial charge < -0.3 is 5.73 Å². The van der Waals surface area contributed by atoms with Gasteiger partial charge in [0.1, 0.15) is 0 Å². The summed E-state index contributed by atoms with van der Waals surface area (Å²) in [7, 11) is 0. The molecule has 1 heterocycles. The molecule has 0 aliphatic heterocycles. The Morgan fingerprint density at radius 2 is 2.31 bits per heavy atom. The first-order valence-electron chi connectivity index (χ1n) is 4.74. The van der Waals surface area contributed by atoms with Crippen molar-refractivity contribution in [3.8, 4) is 0 Å². The number of nitrogens with two attached hydrogens (primary N) is 1. The van der Waals surface area contributed by atoms with Gasteiger partial charge in [0.2, 0.25) is 0 Å². The summed E-state index contributed by atoms with van der Waals surface area (Å²) in [4.78, 5) is 0. The average Bonchev–Trinajstić information content (AvgIpc) is 2.43. The molecule has 1 aromatic rings. The first kappa shape index (κ1) is 9.69. The molecule has 1 nitrogen and oxygen atoms in total. The summed E-state index contributed by atoms with van der Waals surface area (Å²) in [5.74, 6) is 0.891. The van der Waals surface area contributed by atoms with Crippen LogP contribution in [-0.4, -0.2) is 0 Å². The van der Waals surface area contributed by atoms with Gasteiger partial charge in [-0.15, -0.1) is 0 Å². The van der Waals surface area contributed by atoms with Crippen molar-refractivity contribution in [1.29, 1.82) is 0 Å². The van der Waals surface area contributed by atoms with E-state index in [9.17, 15) is 0 Å². The van der Waals surface area contributed by atoms with E-state index in [4.69, 9.17) is 5.73 Å². The van der Waals surface area contributed by atoms with Crippen LogP contribution in [0, 0.1) is 5.92 Å². The van der Waals surface area contributed by atoms with Crippen LogP contribution in [0.2, 0.25) is 0 Å². The van der Waals surface area contributed by atoms with Crippen LogP contribution in [0.1, 0.15) is 37.3 Å². The average molecular weight is 260 g/mol. The fraction of sp³-hybridized carbons (Fsp3) is 0.600. The summed E-state index contributed by atoms with van der Waals surface area (Å²) in [6, 6.07) is 0.242. The monoisotopic (exact) mass is 259 g/mol. The minimum absolute atomic E-state index is 0.242. The molecule has 0 amide bonds. The highest BCUT2D eigenvalue weighted by molar-refractivity contribution is 9.10.